The molecule has 0 bridgehead atoms. The van der Waals surface area contributed by atoms with Gasteiger partial charge in [-0.05, 0) is 23.8 Å². The van der Waals surface area contributed by atoms with Crippen molar-refractivity contribution < 1.29 is 5.11 Å². The van der Waals surface area contributed by atoms with Crippen LogP contribution in [0.15, 0.2) is 17.4 Å². The summed E-state index contributed by atoms with van der Waals surface area (Å²) < 4.78 is 1.21. The minimum atomic E-state index is 0.344. The summed E-state index contributed by atoms with van der Waals surface area (Å²) in [6.07, 6.45) is 1.66. The molecule has 0 fully saturated rings. The summed E-state index contributed by atoms with van der Waals surface area (Å²) in [7, 11) is 0. The van der Waals surface area contributed by atoms with E-state index in [1.165, 1.54) is 15.1 Å². The molecule has 0 saturated heterocycles. The minimum absolute atomic E-state index is 0.344. The fraction of sp³-hybridized carbons (Fsp3) is 0.385. The van der Waals surface area contributed by atoms with Gasteiger partial charge in [0.15, 0.2) is 0 Å². The maximum absolute atomic E-state index is 10.1. The van der Waals surface area contributed by atoms with Crippen LogP contribution in [0.1, 0.15) is 22.9 Å². The molecule has 6 heteroatoms. The van der Waals surface area contributed by atoms with Gasteiger partial charge in [0.2, 0.25) is 0 Å². The predicted molar refractivity (Wildman–Crippen MR) is 76.1 cm³/mol. The highest BCUT2D eigenvalue weighted by Crippen LogP contribution is 2.40. The summed E-state index contributed by atoms with van der Waals surface area (Å²) >= 11 is 1.77. The molecule has 0 amide bonds. The zero-order chi connectivity index (χ0) is 13.4. The topological polar surface area (TPSA) is 72.2 Å². The highest BCUT2D eigenvalue weighted by molar-refractivity contribution is 7.19. The summed E-state index contributed by atoms with van der Waals surface area (Å²) in [5, 5.41) is 16.7. The average molecular weight is 274 g/mol. The Hall–Kier alpha value is -1.91. The molecule has 0 spiro atoms. The van der Waals surface area contributed by atoms with Gasteiger partial charge >= 0.3 is 0 Å². The van der Waals surface area contributed by atoms with Gasteiger partial charge in [-0.1, -0.05) is 6.92 Å². The van der Waals surface area contributed by atoms with Gasteiger partial charge in [0.25, 0.3) is 0 Å². The van der Waals surface area contributed by atoms with Gasteiger partial charge in [-0.25, -0.2) is 5.01 Å². The van der Waals surface area contributed by atoms with E-state index in [9.17, 15) is 5.11 Å². The molecule has 19 heavy (non-hydrogen) atoms. The van der Waals surface area contributed by atoms with E-state index in [0.29, 0.717) is 25.3 Å². The molecule has 1 aromatic carbocycles. The molecule has 98 valence electrons. The number of hydrogen-bond donors (Lipinski definition) is 1. The zero-order valence-electron chi connectivity index (χ0n) is 10.6. The van der Waals surface area contributed by atoms with Crippen molar-refractivity contribution in [2.45, 2.75) is 26.3 Å². The molecule has 0 aliphatic carbocycles. The largest absolute Gasteiger partial charge is 0.508 e. The Morgan fingerprint density at radius 1 is 1.47 bits per heavy atom. The molecule has 0 radical (unpaired) electrons. The molecule has 0 unspecified atom stereocenters. The highest BCUT2D eigenvalue weighted by atomic mass is 32.1. The molecule has 1 N–H and O–H groups in total. The van der Waals surface area contributed by atoms with Crippen LogP contribution in [-0.2, 0) is 19.4 Å². The van der Waals surface area contributed by atoms with E-state index in [1.54, 1.807) is 22.4 Å². The third kappa shape index (κ3) is 1.89. The number of phenolic OH excluding ortho intramolecular Hbond substituents is 1. The number of aromatic hydroxyl groups is 1. The monoisotopic (exact) mass is 274 g/mol. The van der Waals surface area contributed by atoms with Crippen LogP contribution in [-0.4, -0.2) is 16.7 Å². The highest BCUT2D eigenvalue weighted by Gasteiger charge is 2.24. The Labute approximate surface area is 114 Å². The van der Waals surface area contributed by atoms with Crippen molar-refractivity contribution in [1.82, 2.24) is 5.01 Å². The number of rotatable bonds is 2. The Bertz CT molecular complexity index is 687. The molecule has 1 aliphatic heterocycles. The molecule has 2 aromatic rings. The first-order valence-electron chi connectivity index (χ1n) is 6.29. The molecular formula is C13H14N4OS. The molecule has 0 saturated carbocycles. The second kappa shape index (κ2) is 4.64. The lowest BCUT2D eigenvalue weighted by Crippen LogP contribution is -2.17. The average Bonchev–Trinajstić information content (AvgIpc) is 2.64. The van der Waals surface area contributed by atoms with Crippen LogP contribution in [0.3, 0.4) is 0 Å². The molecule has 1 aliphatic rings. The first kappa shape index (κ1) is 12.1. The molecule has 1 aromatic heterocycles. The van der Waals surface area contributed by atoms with E-state index >= 15 is 0 Å². The van der Waals surface area contributed by atoms with E-state index in [4.69, 9.17) is 5.53 Å². The van der Waals surface area contributed by atoms with Crippen LogP contribution in [0, 0.1) is 0 Å². The van der Waals surface area contributed by atoms with E-state index < -0.39 is 0 Å². The summed E-state index contributed by atoms with van der Waals surface area (Å²) in [5.74, 6) is 0.344. The first-order chi connectivity index (χ1) is 9.24. The van der Waals surface area contributed by atoms with Crippen molar-refractivity contribution >= 4 is 21.4 Å². The van der Waals surface area contributed by atoms with E-state index in [2.05, 4.69) is 17.1 Å². The second-order valence-electron chi connectivity index (χ2n) is 4.61. The Balaban J connectivity index is 2.26. The third-order valence-electron chi connectivity index (χ3n) is 3.57. The maximum Gasteiger partial charge on any atom is 0.119 e. The van der Waals surface area contributed by atoms with Crippen LogP contribution >= 0.6 is 11.3 Å². The lowest BCUT2D eigenvalue weighted by molar-refractivity contribution is 0.281. The Kier molecular flexibility index (Phi) is 2.97. The quantitative estimate of drug-likeness (QED) is 0.514. The van der Waals surface area contributed by atoms with Crippen molar-refractivity contribution in [2.75, 3.05) is 6.54 Å². The van der Waals surface area contributed by atoms with Crippen molar-refractivity contribution in [3.63, 3.8) is 0 Å². The lowest BCUT2D eigenvalue weighted by atomic mass is 10.0. The van der Waals surface area contributed by atoms with Gasteiger partial charge in [-0.3, -0.25) is 0 Å². The fourth-order valence-corrected chi connectivity index (χ4v) is 3.89. The van der Waals surface area contributed by atoms with Crippen molar-refractivity contribution in [1.29, 1.82) is 0 Å². The van der Waals surface area contributed by atoms with Crippen molar-refractivity contribution in [3.05, 3.63) is 38.6 Å². The Morgan fingerprint density at radius 3 is 3.05 bits per heavy atom. The van der Waals surface area contributed by atoms with Crippen LogP contribution in [0.2, 0.25) is 0 Å². The summed E-state index contributed by atoms with van der Waals surface area (Å²) in [5.41, 5.74) is 10.8. The third-order valence-corrected chi connectivity index (χ3v) is 4.91. The normalized spacial score (nSPS) is 14.3. The van der Waals surface area contributed by atoms with Gasteiger partial charge in [0, 0.05) is 32.5 Å². The van der Waals surface area contributed by atoms with Crippen LogP contribution in [0.25, 0.3) is 20.5 Å². The van der Waals surface area contributed by atoms with Crippen LogP contribution in [0.4, 0.5) is 0 Å². The van der Waals surface area contributed by atoms with Gasteiger partial charge in [0.1, 0.15) is 12.3 Å². The van der Waals surface area contributed by atoms with Gasteiger partial charge in [0.05, 0.1) is 6.54 Å². The lowest BCUT2D eigenvalue weighted by Gasteiger charge is -2.11. The molecule has 0 atom stereocenters. The summed E-state index contributed by atoms with van der Waals surface area (Å²) in [4.78, 5) is 4.19. The molecule has 5 nitrogen and oxygen atoms in total. The van der Waals surface area contributed by atoms with E-state index in [-0.39, 0.29) is 0 Å². The predicted octanol–water partition coefficient (Wildman–Crippen LogP) is 3.75. The number of thiophene rings is 1. The second-order valence-corrected chi connectivity index (χ2v) is 5.75. The first-order valence-corrected chi connectivity index (χ1v) is 7.11. The van der Waals surface area contributed by atoms with Gasteiger partial charge in [-0.15, -0.1) is 16.9 Å². The van der Waals surface area contributed by atoms with Crippen molar-refractivity contribution in [2.24, 2.45) is 5.22 Å². The number of aryl methyl sites for hydroxylation is 1. The van der Waals surface area contributed by atoms with Gasteiger partial charge in [-0.2, -0.15) is 4.91 Å². The minimum Gasteiger partial charge on any atom is -0.508 e. The smallest absolute Gasteiger partial charge is 0.119 e. The number of nitrogens with zero attached hydrogens (tertiary/aromatic N) is 4. The number of phenols is 1. The van der Waals surface area contributed by atoms with E-state index in [0.717, 1.165) is 17.4 Å². The summed E-state index contributed by atoms with van der Waals surface area (Å²) in [6, 6.07) is 3.74. The van der Waals surface area contributed by atoms with Crippen LogP contribution < -0.4 is 0 Å². The Morgan fingerprint density at radius 2 is 2.32 bits per heavy atom. The SMILES string of the molecule is CCc1sc2ccc(O)c3c2c1CN(N=[N+]=[N-])CC3. The maximum atomic E-state index is 10.1. The molecule has 3 rings (SSSR count). The zero-order valence-corrected chi connectivity index (χ0v) is 11.4. The van der Waals surface area contributed by atoms with E-state index in [1.807, 2.05) is 6.07 Å². The standard InChI is InChI=1S/C13H14N4OS/c1-2-11-9-7-17(16-15-14)6-5-8-10(18)3-4-12(19-11)13(8)9/h3-4,18H,2,5-7H2,1H3. The molecule has 2 heterocycles. The summed E-state index contributed by atoms with van der Waals surface area (Å²) in [6.45, 7) is 3.40. The number of hydrogen-bond acceptors (Lipinski definition) is 3. The van der Waals surface area contributed by atoms with Crippen molar-refractivity contribution in [3.8, 4) is 5.75 Å². The molecular weight excluding hydrogens is 260 g/mol. The van der Waals surface area contributed by atoms with Crippen LogP contribution in [0.5, 0.6) is 5.75 Å². The van der Waals surface area contributed by atoms with Gasteiger partial charge < -0.3 is 5.11 Å². The number of azide groups is 1. The fourth-order valence-electron chi connectivity index (χ4n) is 2.71. The number of benzene rings is 1.